The minimum Gasteiger partial charge on any atom is -0.477 e. The lowest BCUT2D eigenvalue weighted by Gasteiger charge is -2.46. The summed E-state index contributed by atoms with van der Waals surface area (Å²) in [6.45, 7) is 0.115. The summed E-state index contributed by atoms with van der Waals surface area (Å²) in [6.07, 6.45) is -0.436. The highest BCUT2D eigenvalue weighted by Crippen LogP contribution is 2.42. The second-order valence-corrected chi connectivity index (χ2v) is 7.66. The van der Waals surface area contributed by atoms with Gasteiger partial charge in [-0.2, -0.15) is 0 Å². The number of carbonyl (C=O) groups is 2. The molecule has 6 nitrogen and oxygen atoms in total. The van der Waals surface area contributed by atoms with Crippen LogP contribution in [-0.2, 0) is 14.3 Å². The number of nitrogens with zero attached hydrogens (tertiary/aromatic N) is 2. The predicted octanol–water partition coefficient (Wildman–Crippen LogP) is 4.29. The number of carbonyl (C=O) groups excluding carboxylic acids is 1. The van der Waals surface area contributed by atoms with Crippen molar-refractivity contribution in [3.63, 3.8) is 0 Å². The molecule has 0 aliphatic carbocycles. The smallest absolute Gasteiger partial charge is 0.353 e. The van der Waals surface area contributed by atoms with E-state index in [1.807, 2.05) is 83.1 Å². The van der Waals surface area contributed by atoms with Gasteiger partial charge in [0.15, 0.2) is 0 Å². The van der Waals surface area contributed by atoms with Gasteiger partial charge in [0, 0.05) is 16.3 Å². The summed E-state index contributed by atoms with van der Waals surface area (Å²) in [5, 5.41) is 12.1. The minimum atomic E-state index is -1.17. The van der Waals surface area contributed by atoms with Crippen LogP contribution in [0, 0.1) is 0 Å². The molecule has 2 heterocycles. The lowest BCUT2D eigenvalue weighted by molar-refractivity contribution is -0.138. The van der Waals surface area contributed by atoms with Crippen LogP contribution in [-0.4, -0.2) is 30.7 Å². The number of carboxylic acid groups (broad SMARTS) is 1. The molecular formula is C23H20N2O4S. The molecule has 4 rings (SSSR count). The summed E-state index contributed by atoms with van der Waals surface area (Å²) in [5.74, 6) is -1.83. The third-order valence-corrected chi connectivity index (χ3v) is 5.86. The molecule has 1 aliphatic rings. The summed E-state index contributed by atoms with van der Waals surface area (Å²) >= 11 is 1.54. The molecule has 0 spiro atoms. The molecule has 1 aromatic heterocycles. The first-order chi connectivity index (χ1) is 14.6. The van der Waals surface area contributed by atoms with Crippen LogP contribution in [0.1, 0.15) is 11.0 Å². The summed E-state index contributed by atoms with van der Waals surface area (Å²) in [5.41, 5.74) is 1.59. The molecule has 30 heavy (non-hydrogen) atoms. The van der Waals surface area contributed by atoms with Crippen molar-refractivity contribution in [2.75, 3.05) is 23.5 Å². The van der Waals surface area contributed by atoms with Crippen LogP contribution in [0.4, 0.5) is 11.4 Å². The molecule has 1 aliphatic heterocycles. The Morgan fingerprint density at radius 3 is 2.13 bits per heavy atom. The van der Waals surface area contributed by atoms with Crippen LogP contribution in [0.3, 0.4) is 0 Å². The zero-order valence-corrected chi connectivity index (χ0v) is 17.1. The van der Waals surface area contributed by atoms with Crippen LogP contribution in [0.25, 0.3) is 0 Å². The van der Waals surface area contributed by atoms with Crippen LogP contribution < -0.4 is 9.80 Å². The minimum absolute atomic E-state index is 0.0707. The molecule has 0 amide bonds. The monoisotopic (exact) mass is 420 g/mol. The van der Waals surface area contributed by atoms with Crippen molar-refractivity contribution in [1.82, 2.24) is 0 Å². The van der Waals surface area contributed by atoms with Gasteiger partial charge in [0.2, 0.25) is 0 Å². The quantitative estimate of drug-likeness (QED) is 0.621. The molecule has 1 N–H and O–H groups in total. The number of hydrogen-bond acceptors (Lipinski definition) is 6. The second-order valence-electron chi connectivity index (χ2n) is 6.68. The number of rotatable bonds is 5. The molecule has 2 aromatic carbocycles. The largest absolute Gasteiger partial charge is 0.477 e. The standard InChI is InChI=1S/C23H20N2O4S/c1-29-23(28)18-15-24(16-9-4-2-5-10-16)21(19-13-8-14-30-19)25(20(18)22(26)27)17-11-6-3-7-12-17/h2-14,21H,15H2,1H3,(H,26,27). The van der Waals surface area contributed by atoms with Crippen LogP contribution in [0.2, 0.25) is 0 Å². The van der Waals surface area contributed by atoms with E-state index in [1.54, 1.807) is 16.2 Å². The second kappa shape index (κ2) is 8.42. The summed E-state index contributed by atoms with van der Waals surface area (Å²) in [7, 11) is 1.26. The van der Waals surface area contributed by atoms with Crippen LogP contribution in [0.5, 0.6) is 0 Å². The fourth-order valence-corrected chi connectivity index (χ4v) is 4.51. The first-order valence-corrected chi connectivity index (χ1v) is 10.2. The maximum Gasteiger partial charge on any atom is 0.353 e. The van der Waals surface area contributed by atoms with E-state index < -0.39 is 18.1 Å². The Bertz CT molecular complexity index is 1070. The number of ether oxygens (including phenoxy) is 1. The molecular weight excluding hydrogens is 400 g/mol. The van der Waals surface area contributed by atoms with E-state index in [2.05, 4.69) is 0 Å². The van der Waals surface area contributed by atoms with E-state index in [0.717, 1.165) is 10.6 Å². The Balaban J connectivity index is 2.00. The molecule has 1 atom stereocenters. The highest BCUT2D eigenvalue weighted by molar-refractivity contribution is 7.10. The van der Waals surface area contributed by atoms with Crippen molar-refractivity contribution in [1.29, 1.82) is 0 Å². The topological polar surface area (TPSA) is 70.1 Å². The molecule has 7 heteroatoms. The van der Waals surface area contributed by atoms with Gasteiger partial charge >= 0.3 is 11.9 Å². The number of hydrogen-bond donors (Lipinski definition) is 1. The molecule has 0 saturated carbocycles. The lowest BCUT2D eigenvalue weighted by Crippen LogP contribution is -2.50. The number of methoxy groups -OCH3 is 1. The molecule has 0 saturated heterocycles. The van der Waals surface area contributed by atoms with Gasteiger partial charge < -0.3 is 19.6 Å². The third kappa shape index (κ3) is 3.55. The molecule has 1 unspecified atom stereocenters. The Morgan fingerprint density at radius 2 is 1.60 bits per heavy atom. The zero-order valence-electron chi connectivity index (χ0n) is 16.3. The Labute approximate surface area is 178 Å². The SMILES string of the molecule is COC(=O)C1=C(C(=O)O)N(c2ccccc2)C(c2cccs2)N(c2ccccc2)C1. The van der Waals surface area contributed by atoms with E-state index in [-0.39, 0.29) is 17.8 Å². The lowest BCUT2D eigenvalue weighted by atomic mass is 10.0. The van der Waals surface area contributed by atoms with E-state index in [9.17, 15) is 14.7 Å². The average molecular weight is 420 g/mol. The van der Waals surface area contributed by atoms with E-state index in [1.165, 1.54) is 7.11 Å². The first kappa shape index (κ1) is 19.7. The number of para-hydroxylation sites is 2. The summed E-state index contributed by atoms with van der Waals surface area (Å²) in [6, 6.07) is 22.8. The van der Waals surface area contributed by atoms with Crippen molar-refractivity contribution in [3.05, 3.63) is 94.3 Å². The molecule has 3 aromatic rings. The number of aliphatic carboxylic acids is 1. The van der Waals surface area contributed by atoms with Gasteiger partial charge in [-0.15, -0.1) is 11.3 Å². The van der Waals surface area contributed by atoms with Crippen LogP contribution in [0.15, 0.2) is 89.4 Å². The van der Waals surface area contributed by atoms with Gasteiger partial charge in [0.25, 0.3) is 0 Å². The Hall–Kier alpha value is -3.58. The maximum atomic E-state index is 12.6. The van der Waals surface area contributed by atoms with E-state index in [4.69, 9.17) is 4.74 Å². The predicted molar refractivity (Wildman–Crippen MR) is 116 cm³/mol. The maximum absolute atomic E-state index is 12.6. The molecule has 152 valence electrons. The normalized spacial score (nSPS) is 16.5. The van der Waals surface area contributed by atoms with Crippen molar-refractivity contribution in [2.24, 2.45) is 0 Å². The molecule has 0 fully saturated rings. The van der Waals surface area contributed by atoms with Gasteiger partial charge in [-0.3, -0.25) is 0 Å². The van der Waals surface area contributed by atoms with E-state index in [0.29, 0.717) is 5.69 Å². The van der Waals surface area contributed by atoms with Gasteiger partial charge in [-0.25, -0.2) is 9.59 Å². The van der Waals surface area contributed by atoms with E-state index >= 15 is 0 Å². The van der Waals surface area contributed by atoms with Gasteiger partial charge in [-0.1, -0.05) is 42.5 Å². The zero-order chi connectivity index (χ0) is 21.1. The van der Waals surface area contributed by atoms with Gasteiger partial charge in [-0.05, 0) is 35.7 Å². The molecule has 0 radical (unpaired) electrons. The fourth-order valence-electron chi connectivity index (χ4n) is 3.69. The van der Waals surface area contributed by atoms with Crippen LogP contribution >= 0.6 is 11.3 Å². The summed E-state index contributed by atoms with van der Waals surface area (Å²) in [4.78, 5) is 29.7. The number of benzene rings is 2. The third-order valence-electron chi connectivity index (χ3n) is 4.95. The highest BCUT2D eigenvalue weighted by Gasteiger charge is 2.42. The number of carboxylic acids is 1. The molecule has 0 bridgehead atoms. The van der Waals surface area contributed by atoms with Crippen molar-refractivity contribution < 1.29 is 19.4 Å². The van der Waals surface area contributed by atoms with Crippen molar-refractivity contribution in [2.45, 2.75) is 6.17 Å². The first-order valence-electron chi connectivity index (χ1n) is 9.36. The Kier molecular flexibility index (Phi) is 5.54. The average Bonchev–Trinajstić information content (AvgIpc) is 3.32. The number of esters is 1. The van der Waals surface area contributed by atoms with Crippen molar-refractivity contribution >= 4 is 34.7 Å². The highest BCUT2D eigenvalue weighted by atomic mass is 32.1. The van der Waals surface area contributed by atoms with Crippen molar-refractivity contribution in [3.8, 4) is 0 Å². The van der Waals surface area contributed by atoms with Gasteiger partial charge in [0.1, 0.15) is 11.9 Å². The fraction of sp³-hybridized carbons (Fsp3) is 0.130. The Morgan fingerprint density at radius 1 is 0.967 bits per heavy atom. The number of anilines is 2. The summed E-state index contributed by atoms with van der Waals surface area (Å²) < 4.78 is 4.95. The van der Waals surface area contributed by atoms with Gasteiger partial charge in [0.05, 0.1) is 19.2 Å². The number of thiophene rings is 1.